The van der Waals surface area contributed by atoms with Crippen LogP contribution in [-0.4, -0.2) is 15.8 Å². The lowest BCUT2D eigenvalue weighted by Gasteiger charge is -2.50. The van der Waals surface area contributed by atoms with Crippen molar-refractivity contribution in [2.75, 3.05) is 0 Å². The molecule has 1 saturated carbocycles. The highest BCUT2D eigenvalue weighted by Gasteiger charge is 2.65. The molecule has 3 nitrogen and oxygen atoms in total. The first-order valence-electron chi connectivity index (χ1n) is 18.1. The lowest BCUT2D eigenvalue weighted by Crippen LogP contribution is -2.50. The Hall–Kier alpha value is -3.61. The van der Waals surface area contributed by atoms with Crippen molar-refractivity contribution in [3.05, 3.63) is 106 Å². The first kappa shape index (κ1) is 30.7. The van der Waals surface area contributed by atoms with Gasteiger partial charge in [0.15, 0.2) is 0 Å². The topological polar surface area (TPSA) is 38.0 Å². The Kier molecular flexibility index (Phi) is 6.99. The first-order chi connectivity index (χ1) is 22.4. The average Bonchev–Trinajstić information content (AvgIpc) is 3.49. The van der Waals surface area contributed by atoms with Gasteiger partial charge >= 0.3 is 0 Å². The summed E-state index contributed by atoms with van der Waals surface area (Å²) in [7, 11) is 0. The molecule has 0 bridgehead atoms. The van der Waals surface area contributed by atoms with Crippen LogP contribution in [0.5, 0.6) is 0 Å². The summed E-state index contributed by atoms with van der Waals surface area (Å²) < 4.78 is 9.71. The number of nitriles is 1. The number of fused-ring (bicyclic) bond motifs is 6. The van der Waals surface area contributed by atoms with Crippen LogP contribution in [-0.2, 0) is 23.0 Å². The summed E-state index contributed by atoms with van der Waals surface area (Å²) in [4.78, 5) is 0. The molecule has 8 rings (SSSR count). The maximum absolute atomic E-state index is 9.91. The van der Waals surface area contributed by atoms with Gasteiger partial charge in [0.1, 0.15) is 0 Å². The Morgan fingerprint density at radius 1 is 0.872 bits per heavy atom. The van der Waals surface area contributed by atoms with Crippen LogP contribution in [0.2, 0.25) is 0 Å². The predicted molar refractivity (Wildman–Crippen MR) is 193 cm³/mol. The van der Waals surface area contributed by atoms with Gasteiger partial charge in [-0.25, -0.2) is 0 Å². The Labute approximate surface area is 282 Å². The summed E-state index contributed by atoms with van der Waals surface area (Å²) in [5.74, 6) is 2.36. The molecule has 2 fully saturated rings. The van der Waals surface area contributed by atoms with Gasteiger partial charge in [0.25, 0.3) is 0 Å². The maximum Gasteiger partial charge on any atom is 0.0943 e. The van der Waals surface area contributed by atoms with Gasteiger partial charge in [-0.3, -0.25) is 0 Å². The second-order valence-electron chi connectivity index (χ2n) is 16.6. The zero-order valence-corrected chi connectivity index (χ0v) is 29.3. The monoisotopic (exact) mass is 622 g/mol. The van der Waals surface area contributed by atoms with Gasteiger partial charge in [-0.1, -0.05) is 89.2 Å². The van der Waals surface area contributed by atoms with Crippen LogP contribution in [0.4, 0.5) is 0 Å². The van der Waals surface area contributed by atoms with E-state index in [1.54, 1.807) is 0 Å². The van der Waals surface area contributed by atoms with E-state index in [9.17, 15) is 5.26 Å². The van der Waals surface area contributed by atoms with Crippen LogP contribution < -0.4 is 0 Å². The number of hydrogen-bond acceptors (Lipinski definition) is 2. The number of ether oxygens (including phenoxy) is 1. The van der Waals surface area contributed by atoms with Crippen molar-refractivity contribution in [3.63, 3.8) is 0 Å². The van der Waals surface area contributed by atoms with Crippen LogP contribution in [0.1, 0.15) is 101 Å². The lowest BCUT2D eigenvalue weighted by molar-refractivity contribution is -0.159. The minimum Gasteiger partial charge on any atom is -0.368 e. The van der Waals surface area contributed by atoms with Crippen molar-refractivity contribution in [2.45, 2.75) is 97.2 Å². The highest BCUT2D eigenvalue weighted by atomic mass is 16.5. The standard InChI is InChI=1S/C44H50N2O/c1-27-16-17-40-36(18-27)37-23-35(28(2)19-41(37)46(40)34-14-9-8-10-15-34)32-12-11-13-33(22-32)42(5)24-30(4)44(7)39(25-42)38-21-31(26-45)20-29(3)43(38,6)47-44/h8-17,21-23,27-30,38-39H,18-20,24-25H2,1-7H3. The Morgan fingerprint density at radius 3 is 2.43 bits per heavy atom. The smallest absolute Gasteiger partial charge is 0.0943 e. The first-order valence-corrected chi connectivity index (χ1v) is 18.1. The van der Waals surface area contributed by atoms with Crippen molar-refractivity contribution >= 4 is 17.7 Å². The molecule has 47 heavy (non-hydrogen) atoms. The zero-order valence-electron chi connectivity index (χ0n) is 29.3. The molecular weight excluding hydrogens is 572 g/mol. The van der Waals surface area contributed by atoms with E-state index < -0.39 is 0 Å². The van der Waals surface area contributed by atoms with Gasteiger partial charge in [-0.2, -0.15) is 5.26 Å². The van der Waals surface area contributed by atoms with E-state index in [1.807, 2.05) is 0 Å². The molecule has 1 aromatic heterocycles. The SMILES string of the molecule is CC1C=Cc2c(c3c(n2-c2ccccc2)CC(C)C(c2cccc(C4(C)CC(C)C5(C)OC6(C)C(C)CC(C#N)=CC6C5C4)c2)=C3)C1. The van der Waals surface area contributed by atoms with Crippen LogP contribution >= 0.6 is 0 Å². The number of allylic oxidation sites excluding steroid dienone is 3. The molecule has 3 aromatic rings. The molecule has 2 heterocycles. The molecule has 3 heteroatoms. The number of benzene rings is 2. The number of nitrogens with zero attached hydrogens (tertiary/aromatic N) is 2. The van der Waals surface area contributed by atoms with Crippen molar-refractivity contribution in [1.29, 1.82) is 5.26 Å². The molecule has 9 unspecified atom stereocenters. The third-order valence-corrected chi connectivity index (χ3v) is 13.5. The molecule has 9 atom stereocenters. The third kappa shape index (κ3) is 4.54. The van der Waals surface area contributed by atoms with Gasteiger partial charge < -0.3 is 9.30 Å². The molecule has 1 aliphatic heterocycles. The molecule has 5 aliphatic rings. The molecule has 0 radical (unpaired) electrons. The quantitative estimate of drug-likeness (QED) is 0.291. The van der Waals surface area contributed by atoms with Gasteiger partial charge in [0.05, 0.1) is 17.3 Å². The van der Waals surface area contributed by atoms with E-state index in [0.717, 1.165) is 37.7 Å². The summed E-state index contributed by atoms with van der Waals surface area (Å²) >= 11 is 0. The molecule has 0 spiro atoms. The fourth-order valence-corrected chi connectivity index (χ4v) is 10.6. The van der Waals surface area contributed by atoms with Crippen molar-refractivity contribution < 1.29 is 4.74 Å². The number of para-hydroxylation sites is 1. The average molecular weight is 623 g/mol. The summed E-state index contributed by atoms with van der Waals surface area (Å²) in [6, 6.07) is 23.0. The van der Waals surface area contributed by atoms with Crippen LogP contribution in [0, 0.1) is 46.8 Å². The van der Waals surface area contributed by atoms with Gasteiger partial charge in [-0.15, -0.1) is 0 Å². The third-order valence-electron chi connectivity index (χ3n) is 13.5. The molecular formula is C44H50N2O. The number of hydrogen-bond donors (Lipinski definition) is 0. The second-order valence-corrected chi connectivity index (χ2v) is 16.6. The van der Waals surface area contributed by atoms with Crippen LogP contribution in [0.15, 0.2) is 72.3 Å². The highest BCUT2D eigenvalue weighted by Crippen LogP contribution is 2.63. The van der Waals surface area contributed by atoms with E-state index in [4.69, 9.17) is 4.74 Å². The number of aromatic nitrogens is 1. The van der Waals surface area contributed by atoms with Crippen LogP contribution in [0.3, 0.4) is 0 Å². The van der Waals surface area contributed by atoms with Gasteiger partial charge in [-0.05, 0) is 133 Å². The molecule has 2 aromatic carbocycles. The molecule has 0 amide bonds. The van der Waals surface area contributed by atoms with Crippen LogP contribution in [0.25, 0.3) is 23.4 Å². The minimum atomic E-state index is -0.219. The van der Waals surface area contributed by atoms with Crippen molar-refractivity contribution in [1.82, 2.24) is 4.57 Å². The Morgan fingerprint density at radius 2 is 1.66 bits per heavy atom. The summed E-state index contributed by atoms with van der Waals surface area (Å²) in [5.41, 5.74) is 11.9. The maximum atomic E-state index is 9.91. The van der Waals surface area contributed by atoms with E-state index in [-0.39, 0.29) is 22.5 Å². The van der Waals surface area contributed by atoms with Gasteiger partial charge in [0.2, 0.25) is 0 Å². The Balaban J connectivity index is 1.18. The van der Waals surface area contributed by atoms with Crippen molar-refractivity contribution in [3.8, 4) is 11.8 Å². The largest absolute Gasteiger partial charge is 0.368 e. The lowest BCUT2D eigenvalue weighted by atomic mass is 9.54. The predicted octanol–water partition coefficient (Wildman–Crippen LogP) is 10.4. The molecule has 4 aliphatic carbocycles. The fraction of sp³-hybridized carbons (Fsp3) is 0.477. The van der Waals surface area contributed by atoms with Crippen molar-refractivity contribution in [2.24, 2.45) is 35.5 Å². The highest BCUT2D eigenvalue weighted by molar-refractivity contribution is 5.88. The van der Waals surface area contributed by atoms with E-state index in [1.165, 1.54) is 44.9 Å². The van der Waals surface area contributed by atoms with E-state index in [2.05, 4.69) is 138 Å². The van der Waals surface area contributed by atoms with E-state index >= 15 is 0 Å². The summed E-state index contributed by atoms with van der Waals surface area (Å²) in [6.45, 7) is 16.7. The molecule has 0 N–H and O–H groups in total. The van der Waals surface area contributed by atoms with Gasteiger partial charge in [0, 0.05) is 28.6 Å². The normalized spacial score (nSPS) is 37.1. The number of rotatable bonds is 3. The molecule has 1 saturated heterocycles. The fourth-order valence-electron chi connectivity index (χ4n) is 10.6. The van der Waals surface area contributed by atoms with E-state index in [0.29, 0.717) is 29.6 Å². The summed E-state index contributed by atoms with van der Waals surface area (Å²) in [5, 5.41) is 9.91. The molecule has 242 valence electrons. The zero-order chi connectivity index (χ0) is 32.9. The summed E-state index contributed by atoms with van der Waals surface area (Å²) in [6.07, 6.45) is 14.7. The minimum absolute atomic E-state index is 0.0369. The Bertz CT molecular complexity index is 1880. The second kappa shape index (κ2) is 10.7.